The minimum atomic E-state index is -3.78. The van der Waals surface area contributed by atoms with Crippen LogP contribution in [0, 0.1) is 6.57 Å². The fourth-order valence-electron chi connectivity index (χ4n) is 4.58. The third kappa shape index (κ3) is 4.61. The summed E-state index contributed by atoms with van der Waals surface area (Å²) >= 11 is 0. The lowest BCUT2D eigenvalue weighted by Crippen LogP contribution is -2.46. The minimum absolute atomic E-state index is 0.263. The van der Waals surface area contributed by atoms with E-state index in [1.54, 1.807) is 18.3 Å². The number of fused-ring (bicyclic) bond motifs is 1. The monoisotopic (exact) mass is 453 g/mol. The standard InChI is InChI=1S/C23H27N5O3S/c1-3-28-13-10-18(11-14-28)32(30,31)27-23(29)26-22-19-6-4-5-16(19)7-8-20(22)17-9-12-25-21(15-17)24-2/h7-9,12,15,18H,3-6,10-11,13-14H2,1H3,(H2,26,27,29). The molecule has 2 heterocycles. The highest BCUT2D eigenvalue weighted by atomic mass is 32.2. The van der Waals surface area contributed by atoms with Gasteiger partial charge in [-0.1, -0.05) is 25.6 Å². The van der Waals surface area contributed by atoms with Gasteiger partial charge in [0.1, 0.15) is 6.20 Å². The van der Waals surface area contributed by atoms with Gasteiger partial charge in [-0.15, -0.1) is 4.98 Å². The Morgan fingerprint density at radius 3 is 2.75 bits per heavy atom. The second kappa shape index (κ2) is 9.27. The number of sulfonamides is 1. The summed E-state index contributed by atoms with van der Waals surface area (Å²) in [6.07, 6.45) is 5.29. The number of amides is 2. The predicted octanol–water partition coefficient (Wildman–Crippen LogP) is 3.72. The van der Waals surface area contributed by atoms with E-state index in [9.17, 15) is 13.2 Å². The first-order valence-electron chi connectivity index (χ1n) is 10.9. The average molecular weight is 454 g/mol. The summed E-state index contributed by atoms with van der Waals surface area (Å²) in [5, 5.41) is 2.25. The number of rotatable bonds is 5. The summed E-state index contributed by atoms with van der Waals surface area (Å²) in [6, 6.07) is 6.66. The Bertz CT molecular complexity index is 1160. The van der Waals surface area contributed by atoms with Crippen molar-refractivity contribution in [2.24, 2.45) is 0 Å². The van der Waals surface area contributed by atoms with Crippen molar-refractivity contribution in [2.45, 2.75) is 44.3 Å². The van der Waals surface area contributed by atoms with Crippen LogP contribution < -0.4 is 10.0 Å². The number of piperidine rings is 1. The largest absolute Gasteiger partial charge is 0.361 e. The molecule has 2 aliphatic rings. The van der Waals surface area contributed by atoms with Gasteiger partial charge in [0.25, 0.3) is 5.82 Å². The molecule has 0 atom stereocenters. The van der Waals surface area contributed by atoms with Gasteiger partial charge < -0.3 is 15.1 Å². The lowest BCUT2D eigenvalue weighted by atomic mass is 9.98. The number of anilines is 1. The Morgan fingerprint density at radius 2 is 2.03 bits per heavy atom. The van der Waals surface area contributed by atoms with E-state index in [4.69, 9.17) is 6.57 Å². The number of aryl methyl sites for hydroxylation is 1. The van der Waals surface area contributed by atoms with Crippen LogP contribution in [-0.4, -0.2) is 49.2 Å². The van der Waals surface area contributed by atoms with Crippen LogP contribution in [0.1, 0.15) is 37.3 Å². The van der Waals surface area contributed by atoms with Crippen LogP contribution in [0.3, 0.4) is 0 Å². The van der Waals surface area contributed by atoms with Crippen LogP contribution in [-0.2, 0) is 22.9 Å². The Hall–Kier alpha value is -2.96. The summed E-state index contributed by atoms with van der Waals surface area (Å²) in [6.45, 7) is 11.6. The molecule has 1 fully saturated rings. The summed E-state index contributed by atoms with van der Waals surface area (Å²) in [7, 11) is -3.78. The number of nitrogens with zero attached hydrogens (tertiary/aromatic N) is 3. The lowest BCUT2D eigenvalue weighted by molar-refractivity contribution is 0.240. The first kappa shape index (κ1) is 22.2. The Morgan fingerprint density at radius 1 is 1.25 bits per heavy atom. The zero-order chi connectivity index (χ0) is 22.7. The third-order valence-corrected chi connectivity index (χ3v) is 8.17. The van der Waals surface area contributed by atoms with E-state index in [0.717, 1.165) is 48.1 Å². The van der Waals surface area contributed by atoms with Gasteiger partial charge in [-0.05, 0) is 80.6 Å². The number of nitrogens with one attached hydrogen (secondary N) is 2. The number of urea groups is 1. The van der Waals surface area contributed by atoms with E-state index in [-0.39, 0.29) is 5.82 Å². The first-order chi connectivity index (χ1) is 15.4. The van der Waals surface area contributed by atoms with Crippen molar-refractivity contribution in [3.63, 3.8) is 0 Å². The van der Waals surface area contributed by atoms with Gasteiger partial charge >= 0.3 is 6.03 Å². The van der Waals surface area contributed by atoms with E-state index >= 15 is 0 Å². The van der Waals surface area contributed by atoms with Crippen LogP contribution in [0.25, 0.3) is 16.0 Å². The predicted molar refractivity (Wildman–Crippen MR) is 124 cm³/mol. The fourth-order valence-corrected chi connectivity index (χ4v) is 5.89. The molecule has 0 bridgehead atoms. The van der Waals surface area contributed by atoms with Crippen molar-refractivity contribution in [2.75, 3.05) is 25.0 Å². The average Bonchev–Trinajstić information content (AvgIpc) is 3.28. The van der Waals surface area contributed by atoms with E-state index < -0.39 is 21.3 Å². The van der Waals surface area contributed by atoms with E-state index in [1.807, 2.05) is 12.1 Å². The number of pyridine rings is 1. The van der Waals surface area contributed by atoms with Gasteiger partial charge in [0.2, 0.25) is 10.0 Å². The lowest BCUT2D eigenvalue weighted by Gasteiger charge is -2.30. The van der Waals surface area contributed by atoms with Crippen molar-refractivity contribution in [3.8, 4) is 11.1 Å². The molecule has 8 nitrogen and oxygen atoms in total. The number of benzene rings is 1. The highest BCUT2D eigenvalue weighted by Crippen LogP contribution is 2.38. The number of aromatic nitrogens is 1. The molecule has 0 unspecified atom stereocenters. The summed E-state index contributed by atoms with van der Waals surface area (Å²) in [5.41, 5.74) is 4.29. The molecule has 2 N–H and O–H groups in total. The zero-order valence-corrected chi connectivity index (χ0v) is 18.9. The molecule has 1 saturated heterocycles. The second-order valence-electron chi connectivity index (χ2n) is 8.23. The highest BCUT2D eigenvalue weighted by molar-refractivity contribution is 7.90. The number of carbonyl (C=O) groups is 1. The molecule has 0 spiro atoms. The Labute approximate surface area is 188 Å². The van der Waals surface area contributed by atoms with E-state index in [1.165, 1.54) is 0 Å². The van der Waals surface area contributed by atoms with E-state index in [2.05, 4.69) is 31.7 Å². The van der Waals surface area contributed by atoms with Crippen LogP contribution in [0.5, 0.6) is 0 Å². The van der Waals surface area contributed by atoms with Gasteiger partial charge in [-0.2, -0.15) is 0 Å². The smallest absolute Gasteiger partial charge is 0.332 e. The van der Waals surface area contributed by atoms with Crippen LogP contribution >= 0.6 is 0 Å². The quantitative estimate of drug-likeness (QED) is 0.673. The van der Waals surface area contributed by atoms with Crippen molar-refractivity contribution in [1.29, 1.82) is 0 Å². The summed E-state index contributed by atoms with van der Waals surface area (Å²) in [5.74, 6) is 0.263. The summed E-state index contributed by atoms with van der Waals surface area (Å²) in [4.78, 5) is 22.4. The van der Waals surface area contributed by atoms with Gasteiger partial charge in [-0.25, -0.2) is 17.9 Å². The molecular formula is C23H27N5O3S. The Kier molecular flexibility index (Phi) is 6.44. The first-order valence-corrected chi connectivity index (χ1v) is 12.5. The molecule has 1 aliphatic heterocycles. The molecule has 1 aromatic carbocycles. The summed E-state index contributed by atoms with van der Waals surface area (Å²) < 4.78 is 27.9. The molecule has 2 aromatic rings. The SMILES string of the molecule is [C-]#[N+]c1cc(-c2ccc3c(c2NC(=O)NS(=O)(=O)C2CCN(CC)CC2)CCC3)ccn1. The number of hydrogen-bond donors (Lipinski definition) is 2. The van der Waals surface area contributed by atoms with E-state index in [0.29, 0.717) is 31.6 Å². The van der Waals surface area contributed by atoms with Crippen molar-refractivity contribution < 1.29 is 13.2 Å². The molecule has 0 saturated carbocycles. The normalized spacial score (nSPS) is 16.9. The zero-order valence-electron chi connectivity index (χ0n) is 18.1. The topological polar surface area (TPSA) is 95.8 Å². The third-order valence-electron chi connectivity index (χ3n) is 6.35. The van der Waals surface area contributed by atoms with Gasteiger partial charge in [0.15, 0.2) is 0 Å². The maximum atomic E-state index is 12.8. The maximum absolute atomic E-state index is 12.8. The maximum Gasteiger partial charge on any atom is 0.332 e. The second-order valence-corrected chi connectivity index (χ2v) is 10.2. The Balaban J connectivity index is 1.58. The number of hydrogen-bond acceptors (Lipinski definition) is 5. The van der Waals surface area contributed by atoms with Crippen LogP contribution in [0.15, 0.2) is 30.5 Å². The number of likely N-dealkylation sites (tertiary alicyclic amines) is 1. The minimum Gasteiger partial charge on any atom is -0.361 e. The molecule has 9 heteroatoms. The molecular weight excluding hydrogens is 426 g/mol. The molecule has 1 aliphatic carbocycles. The molecule has 2 amide bonds. The van der Waals surface area contributed by atoms with Crippen molar-refractivity contribution in [3.05, 3.63) is 53.0 Å². The molecule has 0 radical (unpaired) electrons. The van der Waals surface area contributed by atoms with Crippen molar-refractivity contribution >= 4 is 27.6 Å². The van der Waals surface area contributed by atoms with Crippen LogP contribution in [0.2, 0.25) is 0 Å². The highest BCUT2D eigenvalue weighted by Gasteiger charge is 2.31. The van der Waals surface area contributed by atoms with Crippen LogP contribution in [0.4, 0.5) is 16.3 Å². The van der Waals surface area contributed by atoms with Gasteiger partial charge in [0.05, 0.1) is 10.9 Å². The molecule has 4 rings (SSSR count). The van der Waals surface area contributed by atoms with Gasteiger partial charge in [-0.3, -0.25) is 0 Å². The van der Waals surface area contributed by atoms with Gasteiger partial charge in [0, 0.05) is 5.56 Å². The molecule has 32 heavy (non-hydrogen) atoms. The van der Waals surface area contributed by atoms with Crippen molar-refractivity contribution in [1.82, 2.24) is 14.6 Å². The fraction of sp³-hybridized carbons (Fsp3) is 0.435. The molecule has 168 valence electrons. The molecule has 1 aromatic heterocycles. The number of carbonyl (C=O) groups excluding carboxylic acids is 1.